The van der Waals surface area contributed by atoms with Crippen LogP contribution in [0.5, 0.6) is 5.75 Å². The highest BCUT2D eigenvalue weighted by molar-refractivity contribution is 5.79. The zero-order valence-corrected chi connectivity index (χ0v) is 15.1. The molecule has 4 rings (SSSR count). The van der Waals surface area contributed by atoms with Gasteiger partial charge in [-0.3, -0.25) is 9.36 Å². The van der Waals surface area contributed by atoms with Crippen LogP contribution in [-0.4, -0.2) is 53.6 Å². The second-order valence-electron chi connectivity index (χ2n) is 6.48. The van der Waals surface area contributed by atoms with Crippen molar-refractivity contribution in [3.8, 4) is 11.4 Å². The fourth-order valence-electron chi connectivity index (χ4n) is 3.44. The highest BCUT2D eigenvalue weighted by atomic mass is 16.5. The predicted molar refractivity (Wildman–Crippen MR) is 102 cm³/mol. The van der Waals surface area contributed by atoms with Crippen LogP contribution in [0.4, 0.5) is 5.69 Å². The Kier molecular flexibility index (Phi) is 4.24. The molecule has 6 nitrogen and oxygen atoms in total. The van der Waals surface area contributed by atoms with E-state index >= 15 is 0 Å². The van der Waals surface area contributed by atoms with E-state index in [0.717, 1.165) is 48.6 Å². The number of anilines is 1. The number of carbonyl (C=O) groups excluding carboxylic acids is 1. The number of ether oxygens (including phenoxy) is 1. The summed E-state index contributed by atoms with van der Waals surface area (Å²) >= 11 is 0. The van der Waals surface area contributed by atoms with E-state index in [1.807, 2.05) is 29.4 Å². The molecular formula is C20H22N4O2. The van der Waals surface area contributed by atoms with Crippen molar-refractivity contribution in [1.82, 2.24) is 14.5 Å². The van der Waals surface area contributed by atoms with Gasteiger partial charge < -0.3 is 14.5 Å². The highest BCUT2D eigenvalue weighted by Crippen LogP contribution is 2.25. The molecule has 6 heteroatoms. The molecule has 1 aromatic heterocycles. The topological polar surface area (TPSA) is 50.6 Å². The lowest BCUT2D eigenvalue weighted by Gasteiger charge is -2.35. The van der Waals surface area contributed by atoms with Gasteiger partial charge in [0.15, 0.2) is 0 Å². The average Bonchev–Trinajstić information content (AvgIpc) is 3.11. The summed E-state index contributed by atoms with van der Waals surface area (Å²) in [5.74, 6) is 0.957. The Bertz CT molecular complexity index is 942. The summed E-state index contributed by atoms with van der Waals surface area (Å²) in [5, 5.41) is 0. The van der Waals surface area contributed by atoms with E-state index in [2.05, 4.69) is 38.7 Å². The predicted octanol–water partition coefficient (Wildman–Crippen LogP) is 2.70. The van der Waals surface area contributed by atoms with Crippen molar-refractivity contribution >= 4 is 22.6 Å². The van der Waals surface area contributed by atoms with Gasteiger partial charge in [0.25, 0.3) is 0 Å². The van der Waals surface area contributed by atoms with Gasteiger partial charge >= 0.3 is 0 Å². The number of aromatic nitrogens is 2. The number of hydrogen-bond donors (Lipinski definition) is 0. The first kappa shape index (κ1) is 16.4. The zero-order valence-electron chi connectivity index (χ0n) is 15.1. The Hall–Kier alpha value is -3.02. The molecule has 0 bridgehead atoms. The normalized spacial score (nSPS) is 14.7. The minimum atomic E-state index is 0.152. The van der Waals surface area contributed by atoms with Gasteiger partial charge in [-0.2, -0.15) is 0 Å². The third kappa shape index (κ3) is 2.98. The summed E-state index contributed by atoms with van der Waals surface area (Å²) in [7, 11) is 1.66. The van der Waals surface area contributed by atoms with E-state index < -0.39 is 0 Å². The van der Waals surface area contributed by atoms with Crippen molar-refractivity contribution in [1.29, 1.82) is 0 Å². The number of carbonyl (C=O) groups is 1. The Morgan fingerprint density at radius 2 is 1.81 bits per heavy atom. The molecule has 3 aromatic rings. The molecule has 1 saturated heterocycles. The van der Waals surface area contributed by atoms with Gasteiger partial charge in [0.2, 0.25) is 5.91 Å². The molecule has 134 valence electrons. The molecule has 1 fully saturated rings. The summed E-state index contributed by atoms with van der Waals surface area (Å²) in [4.78, 5) is 20.2. The summed E-state index contributed by atoms with van der Waals surface area (Å²) < 4.78 is 7.36. The highest BCUT2D eigenvalue weighted by Gasteiger charge is 2.19. The van der Waals surface area contributed by atoms with Crippen LogP contribution in [0.3, 0.4) is 0 Å². The number of amides is 1. The van der Waals surface area contributed by atoms with E-state index in [9.17, 15) is 4.79 Å². The van der Waals surface area contributed by atoms with E-state index in [1.54, 1.807) is 14.0 Å². The lowest BCUT2D eigenvalue weighted by Crippen LogP contribution is -2.48. The zero-order chi connectivity index (χ0) is 18.1. The number of methoxy groups -OCH3 is 1. The van der Waals surface area contributed by atoms with Crippen molar-refractivity contribution in [3.63, 3.8) is 0 Å². The molecule has 0 spiro atoms. The van der Waals surface area contributed by atoms with Crippen LogP contribution in [0.1, 0.15) is 6.92 Å². The number of piperazine rings is 1. The van der Waals surface area contributed by atoms with Crippen LogP contribution in [-0.2, 0) is 4.79 Å². The average molecular weight is 350 g/mol. The Balaban J connectivity index is 1.61. The summed E-state index contributed by atoms with van der Waals surface area (Å²) in [6, 6.07) is 14.4. The summed E-state index contributed by atoms with van der Waals surface area (Å²) in [5.41, 5.74) is 4.19. The Morgan fingerprint density at radius 1 is 1.04 bits per heavy atom. The minimum absolute atomic E-state index is 0.152. The molecule has 1 amide bonds. The molecule has 0 aliphatic carbocycles. The van der Waals surface area contributed by atoms with Crippen molar-refractivity contribution in [2.24, 2.45) is 0 Å². The van der Waals surface area contributed by atoms with Gasteiger partial charge in [-0.15, -0.1) is 0 Å². The maximum Gasteiger partial charge on any atom is 0.219 e. The molecule has 2 aromatic carbocycles. The van der Waals surface area contributed by atoms with Crippen molar-refractivity contribution in [2.75, 3.05) is 38.2 Å². The van der Waals surface area contributed by atoms with Crippen LogP contribution in [0.2, 0.25) is 0 Å². The number of nitrogens with zero attached hydrogens (tertiary/aromatic N) is 4. The first-order chi connectivity index (χ1) is 12.7. The lowest BCUT2D eigenvalue weighted by molar-refractivity contribution is -0.129. The summed E-state index contributed by atoms with van der Waals surface area (Å²) in [6.45, 7) is 4.88. The van der Waals surface area contributed by atoms with Gasteiger partial charge in [0.1, 0.15) is 12.1 Å². The number of rotatable bonds is 3. The van der Waals surface area contributed by atoms with Gasteiger partial charge in [-0.1, -0.05) is 6.07 Å². The maximum absolute atomic E-state index is 11.5. The number of fused-ring (bicyclic) bond motifs is 1. The van der Waals surface area contributed by atoms with Crippen LogP contribution < -0.4 is 9.64 Å². The molecule has 0 N–H and O–H groups in total. The van der Waals surface area contributed by atoms with E-state index in [-0.39, 0.29) is 5.91 Å². The third-order valence-electron chi connectivity index (χ3n) is 4.95. The first-order valence-corrected chi connectivity index (χ1v) is 8.78. The minimum Gasteiger partial charge on any atom is -0.497 e. The first-order valence-electron chi connectivity index (χ1n) is 8.78. The van der Waals surface area contributed by atoms with Crippen molar-refractivity contribution < 1.29 is 9.53 Å². The quantitative estimate of drug-likeness (QED) is 0.729. The van der Waals surface area contributed by atoms with Crippen molar-refractivity contribution in [2.45, 2.75) is 6.92 Å². The molecule has 2 heterocycles. The number of hydrogen-bond acceptors (Lipinski definition) is 4. The number of imidazole rings is 1. The van der Waals surface area contributed by atoms with Crippen molar-refractivity contribution in [3.05, 3.63) is 48.8 Å². The van der Waals surface area contributed by atoms with Crippen LogP contribution in [0.25, 0.3) is 16.7 Å². The smallest absolute Gasteiger partial charge is 0.219 e. The van der Waals surface area contributed by atoms with Gasteiger partial charge in [-0.25, -0.2) is 4.98 Å². The fraction of sp³-hybridized carbons (Fsp3) is 0.300. The maximum atomic E-state index is 11.5. The largest absolute Gasteiger partial charge is 0.497 e. The Morgan fingerprint density at radius 3 is 2.54 bits per heavy atom. The van der Waals surface area contributed by atoms with E-state index in [1.165, 1.54) is 5.69 Å². The molecule has 26 heavy (non-hydrogen) atoms. The Labute approximate surface area is 152 Å². The van der Waals surface area contributed by atoms with E-state index in [0.29, 0.717) is 0 Å². The second-order valence-corrected chi connectivity index (χ2v) is 6.48. The molecule has 0 radical (unpaired) electrons. The second kappa shape index (κ2) is 6.71. The van der Waals surface area contributed by atoms with Gasteiger partial charge in [-0.05, 0) is 30.3 Å². The van der Waals surface area contributed by atoms with Crippen LogP contribution in [0, 0.1) is 0 Å². The molecule has 0 saturated carbocycles. The number of benzene rings is 2. The van der Waals surface area contributed by atoms with Gasteiger partial charge in [0.05, 0.1) is 18.1 Å². The molecule has 1 aliphatic rings. The SMILES string of the molecule is COc1ccc2c(c1)ncn2-c1cccc(N2CCN(C(C)=O)CC2)c1. The molecule has 0 atom stereocenters. The van der Waals surface area contributed by atoms with E-state index in [4.69, 9.17) is 4.74 Å². The van der Waals surface area contributed by atoms with Crippen LogP contribution in [0.15, 0.2) is 48.8 Å². The summed E-state index contributed by atoms with van der Waals surface area (Å²) in [6.07, 6.45) is 1.84. The standard InChI is InChI=1S/C20H22N4O2/c1-15(25)22-8-10-23(11-9-22)16-4-3-5-17(12-16)24-14-21-19-13-18(26-2)6-7-20(19)24/h3-7,12-14H,8-11H2,1-2H3. The van der Waals surface area contributed by atoms with Crippen LogP contribution >= 0.6 is 0 Å². The molecule has 1 aliphatic heterocycles. The molecular weight excluding hydrogens is 328 g/mol. The fourth-order valence-corrected chi connectivity index (χ4v) is 3.44. The van der Waals surface area contributed by atoms with Gasteiger partial charge in [0, 0.05) is 50.5 Å². The third-order valence-corrected chi connectivity index (χ3v) is 4.95. The molecule has 0 unspecified atom stereocenters. The lowest BCUT2D eigenvalue weighted by atomic mass is 10.2. The monoisotopic (exact) mass is 350 g/mol.